The number of nitrogens with zero attached hydrogens (tertiary/aromatic N) is 1. The first-order valence-electron chi connectivity index (χ1n) is 9.01. The number of hydrogen-bond donors (Lipinski definition) is 3. The Hall–Kier alpha value is -2.78. The van der Waals surface area contributed by atoms with Gasteiger partial charge in [-0.2, -0.15) is 13.2 Å². The Morgan fingerprint density at radius 2 is 1.87 bits per heavy atom. The number of aromatic nitrogens is 1. The Balaban J connectivity index is 1.70. The number of hydrogen-bond acceptors (Lipinski definition) is 5. The molecule has 1 aromatic heterocycles. The van der Waals surface area contributed by atoms with Gasteiger partial charge in [-0.3, -0.25) is 16.1 Å². The van der Waals surface area contributed by atoms with Crippen molar-refractivity contribution in [2.75, 3.05) is 0 Å². The molecule has 2 aromatic carbocycles. The van der Waals surface area contributed by atoms with Gasteiger partial charge in [-0.05, 0) is 49.2 Å². The maximum Gasteiger partial charge on any atom is 0.416 e. The third kappa shape index (κ3) is 5.03. The lowest BCUT2D eigenvalue weighted by atomic mass is 10.1. The molecule has 3 N–H and O–H groups in total. The molecule has 158 valence electrons. The average molecular weight is 435 g/mol. The first-order valence-corrected chi connectivity index (χ1v) is 10.00. The minimum Gasteiger partial charge on any atom is -0.356 e. The highest BCUT2D eigenvalue weighted by Gasteiger charge is 2.30. The molecule has 0 fully saturated rings. The monoisotopic (exact) mass is 435 g/mol. The highest BCUT2D eigenvalue weighted by Crippen LogP contribution is 2.33. The van der Waals surface area contributed by atoms with Crippen molar-refractivity contribution in [1.29, 1.82) is 5.41 Å². The fraction of sp³-hybridized carbons (Fsp3) is 0.238. The second kappa shape index (κ2) is 8.93. The van der Waals surface area contributed by atoms with Crippen LogP contribution in [-0.4, -0.2) is 16.2 Å². The van der Waals surface area contributed by atoms with E-state index in [1.807, 2.05) is 37.5 Å². The van der Waals surface area contributed by atoms with Gasteiger partial charge in [-0.25, -0.2) is 0 Å². The number of amidine groups is 1. The largest absolute Gasteiger partial charge is 0.416 e. The number of rotatable bonds is 6. The van der Waals surface area contributed by atoms with Crippen LogP contribution in [0.15, 0.2) is 51.9 Å². The third-order valence-electron chi connectivity index (χ3n) is 4.69. The van der Waals surface area contributed by atoms with Crippen LogP contribution in [0.25, 0.3) is 11.3 Å². The summed E-state index contributed by atoms with van der Waals surface area (Å²) in [6.45, 7) is 3.77. The molecule has 9 heteroatoms. The van der Waals surface area contributed by atoms with Crippen molar-refractivity contribution in [1.82, 2.24) is 10.6 Å². The van der Waals surface area contributed by atoms with E-state index in [4.69, 9.17) is 15.1 Å². The molecule has 30 heavy (non-hydrogen) atoms. The van der Waals surface area contributed by atoms with E-state index in [0.717, 1.165) is 39.4 Å². The van der Waals surface area contributed by atoms with Crippen LogP contribution < -0.4 is 5.48 Å². The molecule has 3 aromatic rings. The molecular weight excluding hydrogens is 415 g/mol. The van der Waals surface area contributed by atoms with Crippen LogP contribution >= 0.6 is 11.8 Å². The highest BCUT2D eigenvalue weighted by atomic mass is 32.2. The molecule has 0 spiro atoms. The van der Waals surface area contributed by atoms with Gasteiger partial charge in [-0.15, -0.1) is 11.8 Å². The van der Waals surface area contributed by atoms with E-state index in [1.54, 1.807) is 11.8 Å². The van der Waals surface area contributed by atoms with E-state index in [0.29, 0.717) is 23.5 Å². The number of nitrogens with one attached hydrogen (secondary N) is 2. The molecule has 0 saturated carbocycles. The maximum absolute atomic E-state index is 12.7. The van der Waals surface area contributed by atoms with Gasteiger partial charge in [0.05, 0.1) is 11.3 Å². The van der Waals surface area contributed by atoms with Crippen molar-refractivity contribution in [3.63, 3.8) is 0 Å². The number of thioether (sulfide) groups is 1. The van der Waals surface area contributed by atoms with Crippen LogP contribution in [-0.2, 0) is 18.3 Å². The zero-order valence-electron chi connectivity index (χ0n) is 16.3. The fourth-order valence-electron chi connectivity index (χ4n) is 2.92. The summed E-state index contributed by atoms with van der Waals surface area (Å²) in [7, 11) is 0. The first kappa shape index (κ1) is 21.9. The van der Waals surface area contributed by atoms with Crippen LogP contribution in [0.5, 0.6) is 0 Å². The molecule has 0 amide bonds. The van der Waals surface area contributed by atoms with Gasteiger partial charge in [0.15, 0.2) is 5.76 Å². The normalized spacial score (nSPS) is 11.5. The topological polar surface area (TPSA) is 82.1 Å². The van der Waals surface area contributed by atoms with Crippen LogP contribution in [0, 0.1) is 19.3 Å². The van der Waals surface area contributed by atoms with Gasteiger partial charge in [0.1, 0.15) is 5.84 Å². The van der Waals surface area contributed by atoms with E-state index in [9.17, 15) is 13.2 Å². The highest BCUT2D eigenvalue weighted by molar-refractivity contribution is 7.98. The molecular formula is C21H20F3N3O2S. The zero-order chi connectivity index (χ0) is 21.9. The molecule has 0 aliphatic carbocycles. The van der Waals surface area contributed by atoms with Gasteiger partial charge in [0.2, 0.25) is 0 Å². The molecule has 0 unspecified atom stereocenters. The Morgan fingerprint density at radius 3 is 2.47 bits per heavy atom. The standard InChI is InChI=1S/C21H20F3N3O2S/c1-12-9-17(8-5-15(12)10-19(25)26-28)30-11-18-13(2)20(29-27-18)14-3-6-16(7-4-14)21(22,23)24/h3-9,28H,10-11H2,1-2H3,(H2,25,26). The SMILES string of the molecule is Cc1cc(SCc2noc(-c3ccc(C(F)(F)F)cc3)c2C)ccc1CC(=N)NO. The summed E-state index contributed by atoms with van der Waals surface area (Å²) in [6.07, 6.45) is -4.06. The summed E-state index contributed by atoms with van der Waals surface area (Å²) in [5.41, 5.74) is 5.13. The van der Waals surface area contributed by atoms with Gasteiger partial charge in [0.25, 0.3) is 0 Å². The Labute approximate surface area is 175 Å². The Kier molecular flexibility index (Phi) is 6.52. The van der Waals surface area contributed by atoms with Crippen molar-refractivity contribution in [2.24, 2.45) is 0 Å². The molecule has 0 radical (unpaired) electrons. The predicted octanol–water partition coefficient (Wildman–Crippen LogP) is 5.77. The second-order valence-electron chi connectivity index (χ2n) is 6.80. The van der Waals surface area contributed by atoms with Crippen LogP contribution in [0.3, 0.4) is 0 Å². The quantitative estimate of drug-likeness (QED) is 0.198. The van der Waals surface area contributed by atoms with E-state index in [-0.39, 0.29) is 5.84 Å². The van der Waals surface area contributed by atoms with Crippen molar-refractivity contribution in [2.45, 2.75) is 37.1 Å². The minimum absolute atomic E-state index is 0.0209. The fourth-order valence-corrected chi connectivity index (χ4v) is 3.92. The minimum atomic E-state index is -4.38. The molecule has 5 nitrogen and oxygen atoms in total. The smallest absolute Gasteiger partial charge is 0.356 e. The first-order chi connectivity index (χ1) is 14.2. The number of hydroxylamine groups is 1. The summed E-state index contributed by atoms with van der Waals surface area (Å²) < 4.78 is 43.6. The summed E-state index contributed by atoms with van der Waals surface area (Å²) in [6, 6.07) is 10.7. The van der Waals surface area contributed by atoms with Crippen molar-refractivity contribution in [3.05, 3.63) is 70.4 Å². The molecule has 0 aliphatic heterocycles. The second-order valence-corrected chi connectivity index (χ2v) is 7.85. The van der Waals surface area contributed by atoms with Crippen LogP contribution in [0.1, 0.15) is 27.9 Å². The number of alkyl halides is 3. The van der Waals surface area contributed by atoms with Crippen molar-refractivity contribution < 1.29 is 22.9 Å². The van der Waals surface area contributed by atoms with Gasteiger partial charge in [0, 0.05) is 28.2 Å². The predicted molar refractivity (Wildman–Crippen MR) is 109 cm³/mol. The van der Waals surface area contributed by atoms with E-state index in [1.165, 1.54) is 12.1 Å². The third-order valence-corrected chi connectivity index (χ3v) is 5.69. The van der Waals surface area contributed by atoms with E-state index in [2.05, 4.69) is 5.16 Å². The Morgan fingerprint density at radius 1 is 1.17 bits per heavy atom. The summed E-state index contributed by atoms with van der Waals surface area (Å²) in [5.74, 6) is 1.02. The number of aryl methyl sites for hydroxylation is 1. The maximum atomic E-state index is 12.7. The number of halogens is 3. The average Bonchev–Trinajstić information content (AvgIpc) is 3.08. The molecule has 3 rings (SSSR count). The van der Waals surface area contributed by atoms with Crippen LogP contribution in [0.2, 0.25) is 0 Å². The number of benzene rings is 2. The molecule has 0 saturated heterocycles. The van der Waals surface area contributed by atoms with Crippen LogP contribution in [0.4, 0.5) is 13.2 Å². The molecule has 0 aliphatic rings. The van der Waals surface area contributed by atoms with Gasteiger partial charge < -0.3 is 4.52 Å². The lowest BCUT2D eigenvalue weighted by Gasteiger charge is -2.08. The molecule has 0 atom stereocenters. The lowest BCUT2D eigenvalue weighted by Crippen LogP contribution is -2.20. The van der Waals surface area contributed by atoms with Crippen molar-refractivity contribution in [3.8, 4) is 11.3 Å². The molecule has 0 bridgehead atoms. The Bertz CT molecular complexity index is 1050. The summed E-state index contributed by atoms with van der Waals surface area (Å²) in [5, 5.41) is 20.4. The lowest BCUT2D eigenvalue weighted by molar-refractivity contribution is -0.137. The summed E-state index contributed by atoms with van der Waals surface area (Å²) >= 11 is 1.56. The molecule has 1 heterocycles. The van der Waals surface area contributed by atoms with E-state index >= 15 is 0 Å². The zero-order valence-corrected chi connectivity index (χ0v) is 17.1. The summed E-state index contributed by atoms with van der Waals surface area (Å²) in [4.78, 5) is 1.01. The van der Waals surface area contributed by atoms with Crippen molar-refractivity contribution >= 4 is 17.6 Å². The van der Waals surface area contributed by atoms with E-state index < -0.39 is 11.7 Å². The van der Waals surface area contributed by atoms with Gasteiger partial charge >= 0.3 is 6.18 Å². The van der Waals surface area contributed by atoms with Gasteiger partial charge in [-0.1, -0.05) is 23.4 Å².